The largest absolute Gasteiger partial charge is 0.294 e. The molecule has 0 heterocycles. The molecule has 0 saturated carbocycles. The van der Waals surface area contributed by atoms with Gasteiger partial charge in [0.05, 0.1) is 0 Å². The van der Waals surface area contributed by atoms with E-state index < -0.39 is 15.5 Å². The summed E-state index contributed by atoms with van der Waals surface area (Å²) in [6, 6.07) is 0. The Balaban J connectivity index is 4.51. The van der Waals surface area contributed by atoms with Crippen LogP contribution in [0.3, 0.4) is 0 Å². The van der Waals surface area contributed by atoms with Crippen molar-refractivity contribution in [1.82, 2.24) is 4.90 Å². The first kappa shape index (κ1) is 11.2. The van der Waals surface area contributed by atoms with Crippen LogP contribution in [0.1, 0.15) is 13.3 Å². The quantitative estimate of drug-likeness (QED) is 0.528. The molecule has 0 radical (unpaired) electrons. The maximum atomic E-state index is 11.0. The van der Waals surface area contributed by atoms with E-state index in [1.54, 1.807) is 25.9 Å². The summed E-state index contributed by atoms with van der Waals surface area (Å²) < 4.78 is 26.1. The highest BCUT2D eigenvalue weighted by molar-refractivity contribution is 7.96. The van der Waals surface area contributed by atoms with E-state index in [1.165, 1.54) is 0 Å². The molecule has 6 heteroatoms. The highest BCUT2D eigenvalue weighted by Gasteiger charge is 2.25. The van der Waals surface area contributed by atoms with Gasteiger partial charge in [-0.2, -0.15) is 12.0 Å². The molecule has 68 valence electrons. The topological polar surface area (TPSA) is 46.6 Å². The van der Waals surface area contributed by atoms with E-state index in [0.717, 1.165) is 0 Å². The molecule has 0 aromatic heterocycles. The van der Waals surface area contributed by atoms with Crippen LogP contribution in [0.5, 0.6) is 0 Å². The molecule has 0 rings (SSSR count). The van der Waals surface area contributed by atoms with Crippen LogP contribution in [0.2, 0.25) is 0 Å². The number of nitrogens with zero attached hydrogens (tertiary/aromatic N) is 1. The predicted octanol–water partition coefficient (Wildman–Crippen LogP) is 0.475. The summed E-state index contributed by atoms with van der Waals surface area (Å²) in [6.07, 6.45) is 0.482. The molecule has 0 aromatic rings. The lowest BCUT2D eigenvalue weighted by Crippen LogP contribution is -2.35. The summed E-state index contributed by atoms with van der Waals surface area (Å²) in [5, 5.41) is -0.611. The van der Waals surface area contributed by atoms with E-state index in [-0.39, 0.29) is 0 Å². The summed E-state index contributed by atoms with van der Waals surface area (Å²) in [6.45, 7) is 1.77. The van der Waals surface area contributed by atoms with E-state index in [2.05, 4.69) is 16.5 Å². The lowest BCUT2D eigenvalue weighted by Gasteiger charge is -2.20. The fourth-order valence-corrected chi connectivity index (χ4v) is 2.20. The standard InChI is InChI=1S/C5H13NO3S2/c1-4-5(6(2)3)11(7,8)9-10/h5,10H,4H2,1-3H3. The van der Waals surface area contributed by atoms with E-state index in [1.807, 2.05) is 0 Å². The molecule has 11 heavy (non-hydrogen) atoms. The van der Waals surface area contributed by atoms with Crippen LogP contribution in [0, 0.1) is 0 Å². The molecule has 0 aromatic carbocycles. The molecule has 0 saturated heterocycles. The molecular weight excluding hydrogens is 186 g/mol. The molecular formula is C5H13NO3S2. The Morgan fingerprint density at radius 1 is 1.55 bits per heavy atom. The third-order valence-corrected chi connectivity index (χ3v) is 3.61. The summed E-state index contributed by atoms with van der Waals surface area (Å²) in [4.78, 5) is 1.57. The molecule has 0 fully saturated rings. The van der Waals surface area contributed by atoms with Gasteiger partial charge in [0.15, 0.2) is 0 Å². The van der Waals surface area contributed by atoms with Crippen molar-refractivity contribution in [3.8, 4) is 0 Å². The molecule has 1 unspecified atom stereocenters. The molecule has 4 nitrogen and oxygen atoms in total. The Morgan fingerprint density at radius 2 is 2.00 bits per heavy atom. The molecule has 0 N–H and O–H groups in total. The smallest absolute Gasteiger partial charge is 0.291 e. The molecule has 0 spiro atoms. The zero-order valence-corrected chi connectivity index (χ0v) is 8.52. The van der Waals surface area contributed by atoms with Gasteiger partial charge in [0.1, 0.15) is 5.37 Å². The Morgan fingerprint density at radius 3 is 2.09 bits per heavy atom. The number of hydrogen-bond acceptors (Lipinski definition) is 5. The number of rotatable bonds is 4. The normalized spacial score (nSPS) is 15.4. The van der Waals surface area contributed by atoms with Gasteiger partial charge in [-0.15, -0.1) is 0 Å². The summed E-state index contributed by atoms with van der Waals surface area (Å²) in [7, 11) is -0.161. The summed E-state index contributed by atoms with van der Waals surface area (Å²) >= 11 is 3.27. The van der Waals surface area contributed by atoms with Crippen LogP contribution < -0.4 is 0 Å². The van der Waals surface area contributed by atoms with Gasteiger partial charge in [-0.05, 0) is 33.4 Å². The van der Waals surface area contributed by atoms with E-state index >= 15 is 0 Å². The Kier molecular flexibility index (Phi) is 4.38. The van der Waals surface area contributed by atoms with Gasteiger partial charge in [0.25, 0.3) is 10.1 Å². The first-order valence-corrected chi connectivity index (χ1v) is 5.02. The SMILES string of the molecule is CCC(N(C)C)S(=O)(=O)OS. The second-order valence-corrected chi connectivity index (χ2v) is 4.52. The predicted molar refractivity (Wildman–Crippen MR) is 46.8 cm³/mol. The number of thiol groups is 1. The van der Waals surface area contributed by atoms with Crippen molar-refractivity contribution in [3.05, 3.63) is 0 Å². The van der Waals surface area contributed by atoms with Crippen molar-refractivity contribution < 1.29 is 12.0 Å². The minimum atomic E-state index is -3.52. The maximum absolute atomic E-state index is 11.0. The van der Waals surface area contributed by atoms with Crippen molar-refractivity contribution in [2.45, 2.75) is 18.7 Å². The molecule has 0 bridgehead atoms. The van der Waals surface area contributed by atoms with Crippen molar-refractivity contribution >= 4 is 23.0 Å². The maximum Gasteiger partial charge on any atom is 0.294 e. The highest BCUT2D eigenvalue weighted by Crippen LogP contribution is 2.11. The van der Waals surface area contributed by atoms with Crippen LogP contribution >= 0.6 is 12.9 Å². The van der Waals surface area contributed by atoms with Crippen molar-refractivity contribution in [1.29, 1.82) is 0 Å². The summed E-state index contributed by atoms with van der Waals surface area (Å²) in [5.41, 5.74) is 0. The lowest BCUT2D eigenvalue weighted by molar-refractivity contribution is 0.339. The first-order valence-electron chi connectivity index (χ1n) is 3.19. The second-order valence-electron chi connectivity index (χ2n) is 2.39. The molecule has 0 aliphatic rings. The van der Waals surface area contributed by atoms with Crippen LogP contribution in [0.4, 0.5) is 0 Å². The van der Waals surface area contributed by atoms with Gasteiger partial charge < -0.3 is 0 Å². The Labute approximate surface area is 73.3 Å². The van der Waals surface area contributed by atoms with Gasteiger partial charge in [0, 0.05) is 0 Å². The molecule has 0 amide bonds. The zero-order chi connectivity index (χ0) is 9.07. The fraction of sp³-hybridized carbons (Fsp3) is 1.00. The Hall–Kier alpha value is 0.220. The minimum Gasteiger partial charge on any atom is -0.291 e. The van der Waals surface area contributed by atoms with E-state index in [0.29, 0.717) is 6.42 Å². The monoisotopic (exact) mass is 199 g/mol. The van der Waals surface area contributed by atoms with Crippen molar-refractivity contribution in [3.63, 3.8) is 0 Å². The third kappa shape index (κ3) is 2.98. The van der Waals surface area contributed by atoms with Gasteiger partial charge in [0.2, 0.25) is 0 Å². The van der Waals surface area contributed by atoms with Crippen molar-refractivity contribution in [2.75, 3.05) is 14.1 Å². The Bertz CT molecular complexity index is 200. The lowest BCUT2D eigenvalue weighted by atomic mass is 10.4. The zero-order valence-electron chi connectivity index (χ0n) is 6.81. The van der Waals surface area contributed by atoms with Crippen LogP contribution in [-0.4, -0.2) is 32.8 Å². The van der Waals surface area contributed by atoms with Crippen LogP contribution in [0.15, 0.2) is 0 Å². The van der Waals surface area contributed by atoms with Gasteiger partial charge in [-0.1, -0.05) is 6.92 Å². The summed E-state index contributed by atoms with van der Waals surface area (Å²) in [5.74, 6) is 0. The van der Waals surface area contributed by atoms with E-state index in [4.69, 9.17) is 0 Å². The van der Waals surface area contributed by atoms with Crippen molar-refractivity contribution in [2.24, 2.45) is 0 Å². The third-order valence-electron chi connectivity index (χ3n) is 1.36. The fourth-order valence-electron chi connectivity index (χ4n) is 0.877. The molecule has 0 aliphatic heterocycles. The molecule has 0 aliphatic carbocycles. The van der Waals surface area contributed by atoms with Crippen LogP contribution in [0.25, 0.3) is 0 Å². The second kappa shape index (κ2) is 4.30. The number of hydrogen-bond donors (Lipinski definition) is 1. The van der Waals surface area contributed by atoms with Gasteiger partial charge >= 0.3 is 0 Å². The van der Waals surface area contributed by atoms with Gasteiger partial charge in [-0.25, -0.2) is 0 Å². The molecule has 1 atom stereocenters. The van der Waals surface area contributed by atoms with Gasteiger partial charge in [-0.3, -0.25) is 4.90 Å². The average molecular weight is 199 g/mol. The average Bonchev–Trinajstić information content (AvgIpc) is 1.88. The first-order chi connectivity index (χ1) is 4.95. The highest BCUT2D eigenvalue weighted by atomic mass is 32.3. The van der Waals surface area contributed by atoms with Crippen LogP contribution in [-0.2, 0) is 13.7 Å². The minimum absolute atomic E-state index is 0.482. The van der Waals surface area contributed by atoms with E-state index in [9.17, 15) is 8.42 Å².